The molecule has 1 aliphatic heterocycles. The number of hydrogen-bond acceptors (Lipinski definition) is 7. The number of carbonyl (C=O) groups excluding carboxylic acids is 1. The molecule has 8 heteroatoms. The second-order valence-electron chi connectivity index (χ2n) is 9.59. The highest BCUT2D eigenvalue weighted by atomic mass is 16.6. The number of nitrogens with zero attached hydrogens (tertiary/aromatic N) is 1. The number of ketones is 1. The lowest BCUT2D eigenvalue weighted by Gasteiger charge is -2.34. The molecule has 0 saturated carbocycles. The lowest BCUT2D eigenvalue weighted by atomic mass is 9.73. The minimum atomic E-state index is -0.641. The summed E-state index contributed by atoms with van der Waals surface area (Å²) in [7, 11) is 0. The zero-order valence-corrected chi connectivity index (χ0v) is 19.5. The van der Waals surface area contributed by atoms with E-state index in [0.717, 1.165) is 28.2 Å². The molecule has 8 nitrogen and oxygen atoms in total. The molecule has 0 fully saturated rings. The Morgan fingerprint density at radius 3 is 2.45 bits per heavy atom. The Labute approximate surface area is 192 Å². The van der Waals surface area contributed by atoms with Gasteiger partial charge in [0.05, 0.1) is 28.9 Å². The van der Waals surface area contributed by atoms with Crippen molar-refractivity contribution in [2.24, 2.45) is 5.41 Å². The second kappa shape index (κ2) is 8.10. The van der Waals surface area contributed by atoms with Gasteiger partial charge in [-0.15, -0.1) is 0 Å². The minimum absolute atomic E-state index is 0.0128. The number of nitro groups is 1. The van der Waals surface area contributed by atoms with Crippen molar-refractivity contribution in [3.8, 4) is 11.5 Å². The zero-order valence-electron chi connectivity index (χ0n) is 19.5. The number of aryl methyl sites for hydroxylation is 2. The fourth-order valence-electron chi connectivity index (χ4n) is 4.65. The van der Waals surface area contributed by atoms with Gasteiger partial charge in [0.1, 0.15) is 0 Å². The highest BCUT2D eigenvalue weighted by molar-refractivity contribution is 6.01. The molecule has 0 saturated heterocycles. The first-order valence-corrected chi connectivity index (χ1v) is 11.1. The number of ether oxygens (including phenoxy) is 1. The number of allylic oxidation sites excluding steroid dienone is 1. The predicted molar refractivity (Wildman–Crippen MR) is 127 cm³/mol. The van der Waals surface area contributed by atoms with Crippen LogP contribution in [0.25, 0.3) is 0 Å². The fraction of sp³-hybridized carbons (Fsp3) is 0.400. The number of carbonyl (C=O) groups is 1. The molecule has 0 aromatic heterocycles. The standard InChI is InChI=1S/C25H29N3O5/c1-6-33-21-10-15(9-19(24(21)30)28(31)32)23-22-18(11-25(4,5)12-20(22)29)26-16-7-13(2)14(3)8-17(16)27-23/h7-10,23,26-27,30H,6,11-12H2,1-5H3. The summed E-state index contributed by atoms with van der Waals surface area (Å²) in [5, 5.41) is 29.0. The van der Waals surface area contributed by atoms with Crippen molar-refractivity contribution in [1.82, 2.24) is 0 Å². The zero-order chi connectivity index (χ0) is 24.1. The summed E-state index contributed by atoms with van der Waals surface area (Å²) in [4.78, 5) is 24.4. The number of hydrogen-bond donors (Lipinski definition) is 3. The van der Waals surface area contributed by atoms with Crippen molar-refractivity contribution in [1.29, 1.82) is 0 Å². The van der Waals surface area contributed by atoms with Crippen LogP contribution >= 0.6 is 0 Å². The van der Waals surface area contributed by atoms with E-state index in [9.17, 15) is 20.0 Å². The quantitative estimate of drug-likeness (QED) is 0.413. The molecule has 1 aliphatic carbocycles. The molecule has 2 aliphatic rings. The summed E-state index contributed by atoms with van der Waals surface area (Å²) in [5.74, 6) is -0.512. The van der Waals surface area contributed by atoms with E-state index in [4.69, 9.17) is 4.74 Å². The molecule has 1 atom stereocenters. The van der Waals surface area contributed by atoms with Gasteiger partial charge in [0.2, 0.25) is 5.75 Å². The third-order valence-corrected chi connectivity index (χ3v) is 6.33. The van der Waals surface area contributed by atoms with Crippen LogP contribution in [0.2, 0.25) is 0 Å². The highest BCUT2D eigenvalue weighted by Gasteiger charge is 2.39. The molecule has 2 aromatic carbocycles. The molecule has 1 heterocycles. The first-order chi connectivity index (χ1) is 15.5. The van der Waals surface area contributed by atoms with Crippen molar-refractivity contribution in [2.75, 3.05) is 17.2 Å². The summed E-state index contributed by atoms with van der Waals surface area (Å²) >= 11 is 0. The molecule has 0 bridgehead atoms. The molecule has 0 radical (unpaired) electrons. The Morgan fingerprint density at radius 1 is 1.15 bits per heavy atom. The number of anilines is 2. The average Bonchev–Trinajstić information content (AvgIpc) is 2.85. The van der Waals surface area contributed by atoms with Gasteiger partial charge >= 0.3 is 5.69 Å². The van der Waals surface area contributed by atoms with E-state index in [1.807, 2.05) is 26.0 Å². The maximum absolute atomic E-state index is 13.4. The number of rotatable bonds is 4. The van der Waals surface area contributed by atoms with Gasteiger partial charge in [-0.05, 0) is 67.5 Å². The predicted octanol–water partition coefficient (Wildman–Crippen LogP) is 5.54. The number of nitrogens with one attached hydrogen (secondary N) is 2. The lowest BCUT2D eigenvalue weighted by molar-refractivity contribution is -0.386. The van der Waals surface area contributed by atoms with E-state index < -0.39 is 22.4 Å². The van der Waals surface area contributed by atoms with Gasteiger partial charge < -0.3 is 20.5 Å². The van der Waals surface area contributed by atoms with E-state index in [-0.39, 0.29) is 23.6 Å². The van der Waals surface area contributed by atoms with Gasteiger partial charge in [0, 0.05) is 23.8 Å². The van der Waals surface area contributed by atoms with Crippen LogP contribution in [-0.4, -0.2) is 22.4 Å². The largest absolute Gasteiger partial charge is 0.500 e. The van der Waals surface area contributed by atoms with E-state index in [1.54, 1.807) is 13.0 Å². The number of phenolic OH excluding ortho intramolecular Hbond substituents is 1. The normalized spacial score (nSPS) is 19.1. The smallest absolute Gasteiger partial charge is 0.315 e. The topological polar surface area (TPSA) is 114 Å². The van der Waals surface area contributed by atoms with Crippen LogP contribution in [0.15, 0.2) is 35.5 Å². The Balaban J connectivity index is 1.96. The van der Waals surface area contributed by atoms with Crippen LogP contribution in [0, 0.1) is 29.4 Å². The summed E-state index contributed by atoms with van der Waals surface area (Å²) < 4.78 is 5.49. The molecule has 2 aromatic rings. The summed E-state index contributed by atoms with van der Waals surface area (Å²) in [6.07, 6.45) is 1.04. The van der Waals surface area contributed by atoms with E-state index in [2.05, 4.69) is 24.5 Å². The van der Waals surface area contributed by atoms with Crippen molar-refractivity contribution in [3.63, 3.8) is 0 Å². The van der Waals surface area contributed by atoms with Gasteiger partial charge in [0.15, 0.2) is 11.5 Å². The maximum atomic E-state index is 13.4. The molecule has 4 rings (SSSR count). The van der Waals surface area contributed by atoms with Crippen molar-refractivity contribution >= 4 is 22.8 Å². The number of fused-ring (bicyclic) bond motifs is 1. The van der Waals surface area contributed by atoms with E-state index >= 15 is 0 Å². The molecule has 0 spiro atoms. The van der Waals surface area contributed by atoms with Crippen LogP contribution in [0.4, 0.5) is 17.1 Å². The summed E-state index contributed by atoms with van der Waals surface area (Å²) in [5.41, 5.74) is 5.04. The Hall–Kier alpha value is -3.55. The third kappa shape index (κ3) is 4.13. The van der Waals surface area contributed by atoms with E-state index in [0.29, 0.717) is 24.0 Å². The van der Waals surface area contributed by atoms with Gasteiger partial charge in [-0.1, -0.05) is 13.8 Å². The molecular weight excluding hydrogens is 422 g/mol. The third-order valence-electron chi connectivity index (χ3n) is 6.33. The van der Waals surface area contributed by atoms with Crippen molar-refractivity contribution < 1.29 is 19.6 Å². The fourth-order valence-corrected chi connectivity index (χ4v) is 4.65. The number of benzene rings is 2. The lowest BCUT2D eigenvalue weighted by Crippen LogP contribution is -2.31. The SMILES string of the molecule is CCOc1cc(C2Nc3cc(C)c(C)cc3NC3=C2C(=O)CC(C)(C)C3)cc([N+](=O)[O-])c1O. The van der Waals surface area contributed by atoms with Gasteiger partial charge in [-0.3, -0.25) is 14.9 Å². The van der Waals surface area contributed by atoms with Gasteiger partial charge in [-0.2, -0.15) is 0 Å². The first kappa shape index (κ1) is 22.6. The first-order valence-electron chi connectivity index (χ1n) is 11.1. The number of nitro benzene ring substituents is 1. The van der Waals surface area contributed by atoms with Crippen LogP contribution in [0.5, 0.6) is 11.5 Å². The van der Waals surface area contributed by atoms with E-state index in [1.165, 1.54) is 6.07 Å². The molecule has 3 N–H and O–H groups in total. The minimum Gasteiger partial charge on any atom is -0.500 e. The molecule has 0 amide bonds. The van der Waals surface area contributed by atoms with Crippen LogP contribution in [0.1, 0.15) is 56.3 Å². The van der Waals surface area contributed by atoms with Crippen LogP contribution in [-0.2, 0) is 4.79 Å². The van der Waals surface area contributed by atoms with Crippen molar-refractivity contribution in [2.45, 2.75) is 53.5 Å². The average molecular weight is 452 g/mol. The molecule has 1 unspecified atom stereocenters. The molecule has 33 heavy (non-hydrogen) atoms. The monoisotopic (exact) mass is 451 g/mol. The maximum Gasteiger partial charge on any atom is 0.315 e. The number of phenols is 1. The number of Topliss-reactive ketones (excluding diaryl/α,β-unsaturated/α-hetero) is 1. The Bertz CT molecular complexity index is 1200. The van der Waals surface area contributed by atoms with Crippen LogP contribution < -0.4 is 15.4 Å². The number of aromatic hydroxyl groups is 1. The molecular formula is C25H29N3O5. The summed E-state index contributed by atoms with van der Waals surface area (Å²) in [6.45, 7) is 10.1. The van der Waals surface area contributed by atoms with Crippen molar-refractivity contribution in [3.05, 3.63) is 62.3 Å². The molecule has 174 valence electrons. The van der Waals surface area contributed by atoms with Gasteiger partial charge in [0.25, 0.3) is 0 Å². The Morgan fingerprint density at radius 2 is 1.82 bits per heavy atom. The van der Waals surface area contributed by atoms with Crippen LogP contribution in [0.3, 0.4) is 0 Å². The van der Waals surface area contributed by atoms with Gasteiger partial charge in [-0.25, -0.2) is 0 Å². The summed E-state index contributed by atoms with van der Waals surface area (Å²) in [6, 6.07) is 6.31. The Kier molecular flexibility index (Phi) is 5.56. The highest BCUT2D eigenvalue weighted by Crippen LogP contribution is 2.48. The second-order valence-corrected chi connectivity index (χ2v) is 9.59.